The molecule has 0 fully saturated rings. The van der Waals surface area contributed by atoms with Crippen molar-refractivity contribution in [3.8, 4) is 5.75 Å². The number of anilines is 1. The summed E-state index contributed by atoms with van der Waals surface area (Å²) in [6.45, 7) is 4.41. The van der Waals surface area contributed by atoms with Crippen LogP contribution < -0.4 is 15.8 Å². The molecule has 1 aromatic carbocycles. The monoisotopic (exact) mass is 236 g/mol. The van der Waals surface area contributed by atoms with E-state index < -0.39 is 0 Å². The highest BCUT2D eigenvalue weighted by Crippen LogP contribution is 2.22. The Balaban J connectivity index is 2.25. The van der Waals surface area contributed by atoms with E-state index in [0.29, 0.717) is 0 Å². The van der Waals surface area contributed by atoms with Crippen molar-refractivity contribution in [2.45, 2.75) is 32.6 Å². The molecule has 3 N–H and O–H groups in total. The fourth-order valence-corrected chi connectivity index (χ4v) is 1.78. The van der Waals surface area contributed by atoms with Gasteiger partial charge in [-0.15, -0.1) is 0 Å². The highest BCUT2D eigenvalue weighted by atomic mass is 16.5. The fraction of sp³-hybridized carbons (Fsp3) is 0.571. The van der Waals surface area contributed by atoms with E-state index >= 15 is 0 Å². The van der Waals surface area contributed by atoms with Crippen LogP contribution in [0.15, 0.2) is 18.2 Å². The Morgan fingerprint density at radius 1 is 1.24 bits per heavy atom. The number of ether oxygens (including phenoxy) is 1. The molecule has 0 spiro atoms. The van der Waals surface area contributed by atoms with Crippen LogP contribution in [0.5, 0.6) is 5.75 Å². The van der Waals surface area contributed by atoms with Crippen LogP contribution in [0, 0.1) is 0 Å². The number of unbranched alkanes of at least 4 members (excludes halogenated alkanes) is 1. The predicted molar refractivity (Wildman–Crippen MR) is 73.5 cm³/mol. The van der Waals surface area contributed by atoms with Gasteiger partial charge < -0.3 is 15.8 Å². The first-order chi connectivity index (χ1) is 8.27. The van der Waals surface area contributed by atoms with E-state index in [9.17, 15) is 0 Å². The summed E-state index contributed by atoms with van der Waals surface area (Å²) >= 11 is 0. The third kappa shape index (κ3) is 5.09. The fourth-order valence-electron chi connectivity index (χ4n) is 1.78. The highest BCUT2D eigenvalue weighted by Gasteiger charge is 2.00. The topological polar surface area (TPSA) is 47.3 Å². The van der Waals surface area contributed by atoms with Gasteiger partial charge in [-0.2, -0.15) is 0 Å². The van der Waals surface area contributed by atoms with E-state index in [4.69, 9.17) is 10.5 Å². The largest absolute Gasteiger partial charge is 0.495 e. The van der Waals surface area contributed by atoms with Gasteiger partial charge in [-0.1, -0.05) is 19.4 Å². The van der Waals surface area contributed by atoms with E-state index in [2.05, 4.69) is 18.3 Å². The molecule has 96 valence electrons. The summed E-state index contributed by atoms with van der Waals surface area (Å²) in [5.41, 5.74) is 7.87. The number of rotatable bonds is 8. The number of hydrogen-bond acceptors (Lipinski definition) is 3. The van der Waals surface area contributed by atoms with Crippen LogP contribution >= 0.6 is 0 Å². The molecule has 0 aliphatic rings. The van der Waals surface area contributed by atoms with Gasteiger partial charge in [-0.3, -0.25) is 0 Å². The Hall–Kier alpha value is -1.22. The molecule has 17 heavy (non-hydrogen) atoms. The average molecular weight is 236 g/mol. The first kappa shape index (κ1) is 13.8. The van der Waals surface area contributed by atoms with Crippen LogP contribution in [0.2, 0.25) is 0 Å². The molecule has 0 heterocycles. The molecule has 0 bridgehead atoms. The number of methoxy groups -OCH3 is 1. The molecule has 0 aliphatic carbocycles. The number of nitrogens with two attached hydrogens (primary N) is 1. The summed E-state index contributed by atoms with van der Waals surface area (Å²) in [5, 5.41) is 3.44. The Morgan fingerprint density at radius 3 is 2.65 bits per heavy atom. The minimum absolute atomic E-state index is 0.726. The number of nitrogen functional groups attached to an aromatic ring is 1. The molecule has 0 unspecified atom stereocenters. The molecule has 1 rings (SSSR count). The second-order valence-corrected chi connectivity index (χ2v) is 4.28. The molecular formula is C14H24N2O. The van der Waals surface area contributed by atoms with Crippen molar-refractivity contribution in [3.05, 3.63) is 23.8 Å². The van der Waals surface area contributed by atoms with Crippen molar-refractivity contribution < 1.29 is 4.74 Å². The normalized spacial score (nSPS) is 10.5. The number of aryl methyl sites for hydroxylation is 1. The second-order valence-electron chi connectivity index (χ2n) is 4.28. The van der Waals surface area contributed by atoms with Gasteiger partial charge in [0.2, 0.25) is 0 Å². The maximum atomic E-state index is 5.86. The lowest BCUT2D eigenvalue weighted by Gasteiger charge is -2.07. The average Bonchev–Trinajstić information content (AvgIpc) is 2.34. The van der Waals surface area contributed by atoms with Gasteiger partial charge in [0.05, 0.1) is 12.8 Å². The van der Waals surface area contributed by atoms with E-state index in [1.54, 1.807) is 7.11 Å². The highest BCUT2D eigenvalue weighted by molar-refractivity contribution is 5.54. The molecule has 1 aromatic rings. The molecule has 0 aromatic heterocycles. The minimum atomic E-state index is 0.726. The summed E-state index contributed by atoms with van der Waals surface area (Å²) in [4.78, 5) is 0. The molecule has 3 nitrogen and oxygen atoms in total. The summed E-state index contributed by atoms with van der Waals surface area (Å²) in [5.74, 6) is 0.759. The van der Waals surface area contributed by atoms with Crippen molar-refractivity contribution in [2.24, 2.45) is 0 Å². The van der Waals surface area contributed by atoms with E-state index in [-0.39, 0.29) is 0 Å². The van der Waals surface area contributed by atoms with Crippen LogP contribution in [0.3, 0.4) is 0 Å². The van der Waals surface area contributed by atoms with E-state index in [1.807, 2.05) is 12.1 Å². The molecule has 0 aliphatic heterocycles. The van der Waals surface area contributed by atoms with Gasteiger partial charge >= 0.3 is 0 Å². The Bertz CT molecular complexity index is 326. The quantitative estimate of drug-likeness (QED) is 0.539. The Labute approximate surface area is 104 Å². The van der Waals surface area contributed by atoms with Crippen molar-refractivity contribution in [3.63, 3.8) is 0 Å². The van der Waals surface area contributed by atoms with E-state index in [0.717, 1.165) is 37.4 Å². The molecular weight excluding hydrogens is 212 g/mol. The third-order valence-corrected chi connectivity index (χ3v) is 2.82. The predicted octanol–water partition coefficient (Wildman–Crippen LogP) is 2.60. The maximum absolute atomic E-state index is 5.86. The molecule has 0 amide bonds. The van der Waals surface area contributed by atoms with Crippen molar-refractivity contribution >= 4 is 5.69 Å². The minimum Gasteiger partial charge on any atom is -0.495 e. The maximum Gasteiger partial charge on any atom is 0.141 e. The molecule has 0 saturated heterocycles. The van der Waals surface area contributed by atoms with Crippen LogP contribution in [0.4, 0.5) is 5.69 Å². The SMILES string of the molecule is CCCCNCCCc1ccc(OC)c(N)c1. The zero-order valence-corrected chi connectivity index (χ0v) is 11.0. The van der Waals surface area contributed by atoms with Gasteiger partial charge in [-0.25, -0.2) is 0 Å². The molecule has 0 atom stereocenters. The van der Waals surface area contributed by atoms with E-state index in [1.165, 1.54) is 18.4 Å². The van der Waals surface area contributed by atoms with Crippen LogP contribution in [0.1, 0.15) is 31.7 Å². The van der Waals surface area contributed by atoms with Crippen molar-refractivity contribution in [1.82, 2.24) is 5.32 Å². The number of hydrogen-bond donors (Lipinski definition) is 2. The first-order valence-corrected chi connectivity index (χ1v) is 6.41. The van der Waals surface area contributed by atoms with Gasteiger partial charge in [0.15, 0.2) is 0 Å². The second kappa shape index (κ2) is 7.96. The zero-order valence-electron chi connectivity index (χ0n) is 11.0. The number of nitrogens with one attached hydrogen (secondary N) is 1. The van der Waals surface area contributed by atoms with Crippen LogP contribution in [-0.2, 0) is 6.42 Å². The lowest BCUT2D eigenvalue weighted by atomic mass is 10.1. The van der Waals surface area contributed by atoms with Gasteiger partial charge in [0.25, 0.3) is 0 Å². The lowest BCUT2D eigenvalue weighted by molar-refractivity contribution is 0.417. The van der Waals surface area contributed by atoms with Gasteiger partial charge in [0.1, 0.15) is 5.75 Å². The van der Waals surface area contributed by atoms with Gasteiger partial charge in [-0.05, 0) is 50.0 Å². The smallest absolute Gasteiger partial charge is 0.141 e. The molecule has 3 heteroatoms. The Kier molecular flexibility index (Phi) is 6.48. The number of benzene rings is 1. The van der Waals surface area contributed by atoms with Crippen LogP contribution in [0.25, 0.3) is 0 Å². The first-order valence-electron chi connectivity index (χ1n) is 6.41. The van der Waals surface area contributed by atoms with Crippen molar-refractivity contribution in [2.75, 3.05) is 25.9 Å². The third-order valence-electron chi connectivity index (χ3n) is 2.82. The summed E-state index contributed by atoms with van der Waals surface area (Å²) in [7, 11) is 1.64. The standard InChI is InChI=1S/C14H24N2O/c1-3-4-9-16-10-5-6-12-7-8-14(17-2)13(15)11-12/h7-8,11,16H,3-6,9-10,15H2,1-2H3. The summed E-state index contributed by atoms with van der Waals surface area (Å²) in [6, 6.07) is 6.03. The summed E-state index contributed by atoms with van der Waals surface area (Å²) in [6.07, 6.45) is 4.72. The lowest BCUT2D eigenvalue weighted by Crippen LogP contribution is -2.16. The summed E-state index contributed by atoms with van der Waals surface area (Å²) < 4.78 is 5.13. The molecule has 0 radical (unpaired) electrons. The van der Waals surface area contributed by atoms with Gasteiger partial charge in [0, 0.05) is 0 Å². The molecule has 0 saturated carbocycles. The zero-order chi connectivity index (χ0) is 12.5. The Morgan fingerprint density at radius 2 is 2.00 bits per heavy atom. The van der Waals surface area contributed by atoms with Crippen LogP contribution in [-0.4, -0.2) is 20.2 Å². The van der Waals surface area contributed by atoms with Crippen molar-refractivity contribution in [1.29, 1.82) is 0 Å².